The van der Waals surface area contributed by atoms with E-state index in [9.17, 15) is 40.3 Å². The Morgan fingerprint density at radius 1 is 0.939 bits per heavy atom. The third-order valence-electron chi connectivity index (χ3n) is 4.18. The zero-order valence-corrected chi connectivity index (χ0v) is 17.6. The SMILES string of the molecule is COc1c(NC(N)=O)cccc1C(=O)Nc1c(Cl)cc(C(F)(C(F)(F)F)C(F)(F)F)cc1Cl. The summed E-state index contributed by atoms with van der Waals surface area (Å²) in [5, 5.41) is 2.46. The predicted molar refractivity (Wildman–Crippen MR) is 106 cm³/mol. The summed E-state index contributed by atoms with van der Waals surface area (Å²) in [6.45, 7) is 0. The summed E-state index contributed by atoms with van der Waals surface area (Å²) >= 11 is 11.5. The molecular formula is C18H12Cl2F7N3O3. The highest BCUT2D eigenvalue weighted by molar-refractivity contribution is 6.40. The molecule has 0 saturated carbocycles. The van der Waals surface area contributed by atoms with Crippen molar-refractivity contribution in [1.82, 2.24) is 0 Å². The minimum Gasteiger partial charge on any atom is -0.494 e. The standard InChI is InChI=1S/C18H12Cl2F7N3O3/c1-33-13-8(3-2-4-11(13)29-15(28)32)14(31)30-12-9(19)5-7(6-10(12)20)16(21,17(22,23)24)18(25,26)27/h2-6H,1H3,(H,30,31)(H3,28,29,32). The number of nitrogens with two attached hydrogens (primary N) is 1. The number of para-hydroxylation sites is 1. The van der Waals surface area contributed by atoms with E-state index in [4.69, 9.17) is 33.7 Å². The lowest BCUT2D eigenvalue weighted by Crippen LogP contribution is -2.50. The second-order valence-electron chi connectivity index (χ2n) is 6.30. The van der Waals surface area contributed by atoms with Crippen molar-refractivity contribution in [2.45, 2.75) is 18.0 Å². The number of carbonyl (C=O) groups excluding carboxylic acids is 2. The van der Waals surface area contributed by atoms with Gasteiger partial charge < -0.3 is 21.1 Å². The highest BCUT2D eigenvalue weighted by Gasteiger charge is 2.73. The van der Waals surface area contributed by atoms with Gasteiger partial charge in [0.05, 0.1) is 34.1 Å². The molecule has 0 saturated heterocycles. The molecule has 0 bridgehead atoms. The molecule has 0 aliphatic rings. The lowest BCUT2D eigenvalue weighted by atomic mass is 9.94. The molecule has 0 fully saturated rings. The maximum atomic E-state index is 14.3. The number of halogens is 9. The highest BCUT2D eigenvalue weighted by atomic mass is 35.5. The van der Waals surface area contributed by atoms with Gasteiger partial charge >= 0.3 is 24.1 Å². The first kappa shape index (κ1) is 26.3. The summed E-state index contributed by atoms with van der Waals surface area (Å²) < 4.78 is 97.3. The highest BCUT2D eigenvalue weighted by Crippen LogP contribution is 2.54. The van der Waals surface area contributed by atoms with E-state index in [1.165, 1.54) is 18.2 Å². The van der Waals surface area contributed by atoms with Gasteiger partial charge in [0.25, 0.3) is 5.91 Å². The van der Waals surface area contributed by atoms with E-state index in [2.05, 4.69) is 10.6 Å². The predicted octanol–water partition coefficient (Wildman–Crippen LogP) is 6.03. The molecule has 0 atom stereocenters. The third-order valence-corrected chi connectivity index (χ3v) is 4.78. The third kappa shape index (κ3) is 5.03. The second kappa shape index (κ2) is 9.14. The topological polar surface area (TPSA) is 93.4 Å². The van der Waals surface area contributed by atoms with Crippen LogP contribution in [0.1, 0.15) is 15.9 Å². The fourth-order valence-corrected chi connectivity index (χ4v) is 3.31. The molecule has 2 aromatic rings. The molecule has 0 spiro atoms. The average Bonchev–Trinajstić information content (AvgIpc) is 2.67. The van der Waals surface area contributed by atoms with E-state index in [0.29, 0.717) is 0 Å². The number of methoxy groups -OCH3 is 1. The number of primary amides is 1. The minimum atomic E-state index is -6.39. The van der Waals surface area contributed by atoms with Crippen molar-refractivity contribution in [3.05, 3.63) is 51.5 Å². The smallest absolute Gasteiger partial charge is 0.435 e. The van der Waals surface area contributed by atoms with Crippen LogP contribution in [0.5, 0.6) is 5.75 Å². The Balaban J connectivity index is 2.52. The van der Waals surface area contributed by atoms with Crippen LogP contribution in [-0.4, -0.2) is 31.4 Å². The number of hydrogen-bond acceptors (Lipinski definition) is 3. The molecule has 0 aliphatic carbocycles. The molecule has 6 nitrogen and oxygen atoms in total. The molecule has 0 unspecified atom stereocenters. The number of rotatable bonds is 5. The van der Waals surface area contributed by atoms with Crippen molar-refractivity contribution in [3.63, 3.8) is 0 Å². The maximum Gasteiger partial charge on any atom is 0.435 e. The Bertz CT molecular complexity index is 1050. The van der Waals surface area contributed by atoms with Crippen LogP contribution >= 0.6 is 23.2 Å². The van der Waals surface area contributed by atoms with E-state index in [0.717, 1.165) is 7.11 Å². The van der Waals surface area contributed by atoms with Crippen LogP contribution < -0.4 is 21.1 Å². The monoisotopic (exact) mass is 521 g/mol. The van der Waals surface area contributed by atoms with Gasteiger partial charge in [-0.15, -0.1) is 0 Å². The fourth-order valence-electron chi connectivity index (χ4n) is 2.73. The molecular weight excluding hydrogens is 510 g/mol. The zero-order chi connectivity index (χ0) is 25.4. The van der Waals surface area contributed by atoms with Gasteiger partial charge in [0, 0.05) is 5.56 Å². The Labute approximate surface area is 190 Å². The number of benzene rings is 2. The van der Waals surface area contributed by atoms with Gasteiger partial charge in [-0.05, 0) is 24.3 Å². The van der Waals surface area contributed by atoms with Crippen molar-refractivity contribution < 1.29 is 45.1 Å². The first-order valence-corrected chi connectivity index (χ1v) is 9.16. The Morgan fingerprint density at radius 3 is 1.88 bits per heavy atom. The van der Waals surface area contributed by atoms with Gasteiger partial charge in [-0.25, -0.2) is 9.18 Å². The van der Waals surface area contributed by atoms with E-state index in [1.807, 2.05) is 0 Å². The number of alkyl halides is 7. The van der Waals surface area contributed by atoms with Crippen LogP contribution in [0, 0.1) is 0 Å². The summed E-state index contributed by atoms with van der Waals surface area (Å²) in [5.41, 5.74) is -3.56. The second-order valence-corrected chi connectivity index (χ2v) is 7.11. The van der Waals surface area contributed by atoms with Gasteiger partial charge in [0.15, 0.2) is 5.75 Å². The van der Waals surface area contributed by atoms with Crippen LogP contribution in [0.15, 0.2) is 30.3 Å². The van der Waals surface area contributed by atoms with Crippen molar-refractivity contribution >= 4 is 46.5 Å². The molecule has 4 N–H and O–H groups in total. The number of hydrogen-bond donors (Lipinski definition) is 3. The zero-order valence-electron chi connectivity index (χ0n) is 16.1. The van der Waals surface area contributed by atoms with Gasteiger partial charge in [-0.1, -0.05) is 29.3 Å². The average molecular weight is 522 g/mol. The van der Waals surface area contributed by atoms with E-state index in [-0.39, 0.29) is 29.1 Å². The quantitative estimate of drug-likeness (QED) is 0.419. The Morgan fingerprint density at radius 2 is 1.45 bits per heavy atom. The normalized spacial score (nSPS) is 12.3. The lowest BCUT2D eigenvalue weighted by molar-refractivity contribution is -0.348. The van der Waals surface area contributed by atoms with Gasteiger partial charge in [0.1, 0.15) is 0 Å². The van der Waals surface area contributed by atoms with Gasteiger partial charge in [-0.2, -0.15) is 26.3 Å². The molecule has 2 rings (SSSR count). The van der Waals surface area contributed by atoms with E-state index < -0.39 is 51.3 Å². The van der Waals surface area contributed by atoms with Crippen molar-refractivity contribution in [2.75, 3.05) is 17.7 Å². The van der Waals surface area contributed by atoms with Crippen LogP contribution in [-0.2, 0) is 5.67 Å². The molecule has 0 aromatic heterocycles. The number of urea groups is 1. The van der Waals surface area contributed by atoms with Crippen molar-refractivity contribution in [3.8, 4) is 5.75 Å². The first-order valence-electron chi connectivity index (χ1n) is 8.41. The van der Waals surface area contributed by atoms with E-state index in [1.54, 1.807) is 0 Å². The molecule has 15 heteroatoms. The summed E-state index contributed by atoms with van der Waals surface area (Å²) in [6.07, 6.45) is -12.8. The summed E-state index contributed by atoms with van der Waals surface area (Å²) in [4.78, 5) is 23.7. The molecule has 0 heterocycles. The largest absolute Gasteiger partial charge is 0.494 e. The van der Waals surface area contributed by atoms with Crippen LogP contribution in [0.3, 0.4) is 0 Å². The number of anilines is 2. The number of amides is 3. The maximum absolute atomic E-state index is 14.3. The van der Waals surface area contributed by atoms with Crippen LogP contribution in [0.4, 0.5) is 46.9 Å². The molecule has 3 amide bonds. The van der Waals surface area contributed by atoms with E-state index >= 15 is 0 Å². The number of nitrogens with one attached hydrogen (secondary N) is 2. The number of carbonyl (C=O) groups is 2. The summed E-state index contributed by atoms with van der Waals surface area (Å²) in [7, 11) is 1.14. The Kier molecular flexibility index (Phi) is 7.29. The summed E-state index contributed by atoms with van der Waals surface area (Å²) in [5.74, 6) is -1.22. The molecule has 180 valence electrons. The Hall–Kier alpha value is -2.93. The minimum absolute atomic E-state index is 0.0252. The van der Waals surface area contributed by atoms with Crippen LogP contribution in [0.25, 0.3) is 0 Å². The summed E-state index contributed by atoms with van der Waals surface area (Å²) in [6, 6.07) is 2.94. The van der Waals surface area contributed by atoms with Crippen molar-refractivity contribution in [1.29, 1.82) is 0 Å². The lowest BCUT2D eigenvalue weighted by Gasteiger charge is -2.30. The number of ether oxygens (including phenoxy) is 1. The molecule has 0 radical (unpaired) electrons. The molecule has 0 aliphatic heterocycles. The van der Waals surface area contributed by atoms with Crippen molar-refractivity contribution in [2.24, 2.45) is 5.73 Å². The fraction of sp³-hybridized carbons (Fsp3) is 0.222. The molecule has 33 heavy (non-hydrogen) atoms. The van der Waals surface area contributed by atoms with Gasteiger partial charge in [0.2, 0.25) is 0 Å². The molecule has 2 aromatic carbocycles. The first-order chi connectivity index (χ1) is 15.0. The van der Waals surface area contributed by atoms with Crippen LogP contribution in [0.2, 0.25) is 10.0 Å². The van der Waals surface area contributed by atoms with Gasteiger partial charge in [-0.3, -0.25) is 4.79 Å².